The number of hydrogen-bond acceptors (Lipinski definition) is 2. The van der Waals surface area contributed by atoms with Gasteiger partial charge in [0.1, 0.15) is 0 Å². The van der Waals surface area contributed by atoms with Crippen molar-refractivity contribution in [2.45, 2.75) is 32.9 Å². The van der Waals surface area contributed by atoms with Crippen LogP contribution in [0.3, 0.4) is 0 Å². The molecule has 3 heteroatoms. The van der Waals surface area contributed by atoms with Crippen LogP contribution in [0.4, 0.5) is 0 Å². The van der Waals surface area contributed by atoms with Gasteiger partial charge >= 0.3 is 0 Å². The number of hydrogen-bond donors (Lipinski definition) is 1. The highest BCUT2D eigenvalue weighted by molar-refractivity contribution is 5.19. The first kappa shape index (κ1) is 11.9. The van der Waals surface area contributed by atoms with Crippen LogP contribution in [-0.2, 0) is 13.0 Å². The van der Waals surface area contributed by atoms with Crippen molar-refractivity contribution in [1.82, 2.24) is 9.55 Å². The van der Waals surface area contributed by atoms with Crippen molar-refractivity contribution in [3.63, 3.8) is 0 Å². The van der Waals surface area contributed by atoms with Crippen molar-refractivity contribution in [2.75, 3.05) is 0 Å². The predicted molar refractivity (Wildman–Crippen MR) is 69.9 cm³/mol. The van der Waals surface area contributed by atoms with Gasteiger partial charge in [-0.3, -0.25) is 4.98 Å². The van der Waals surface area contributed by atoms with Crippen LogP contribution >= 0.6 is 0 Å². The molecule has 0 spiro atoms. The molecule has 17 heavy (non-hydrogen) atoms. The minimum atomic E-state index is 0.188. The van der Waals surface area contributed by atoms with Crippen LogP contribution in [0.15, 0.2) is 36.7 Å². The molecular weight excluding hydrogens is 210 g/mol. The lowest BCUT2D eigenvalue weighted by Crippen LogP contribution is -2.20. The minimum Gasteiger partial charge on any atom is -0.345 e. The Morgan fingerprint density at radius 3 is 2.88 bits per heavy atom. The van der Waals surface area contributed by atoms with Gasteiger partial charge in [0.05, 0.1) is 12.2 Å². The minimum absolute atomic E-state index is 0.188. The van der Waals surface area contributed by atoms with Crippen LogP contribution in [0.2, 0.25) is 0 Å². The largest absolute Gasteiger partial charge is 0.345 e. The molecule has 0 fully saturated rings. The summed E-state index contributed by atoms with van der Waals surface area (Å²) in [5.41, 5.74) is 9.47. The second-order valence-corrected chi connectivity index (χ2v) is 4.58. The van der Waals surface area contributed by atoms with Gasteiger partial charge in [-0.25, -0.2) is 0 Å². The van der Waals surface area contributed by atoms with Crippen LogP contribution in [-0.4, -0.2) is 15.6 Å². The van der Waals surface area contributed by atoms with Gasteiger partial charge in [0.2, 0.25) is 0 Å². The third-order valence-electron chi connectivity index (χ3n) is 2.89. The molecule has 90 valence electrons. The molecule has 2 rings (SSSR count). The van der Waals surface area contributed by atoms with E-state index in [1.165, 1.54) is 11.3 Å². The van der Waals surface area contributed by atoms with Crippen molar-refractivity contribution in [2.24, 2.45) is 5.73 Å². The molecule has 0 aromatic carbocycles. The highest BCUT2D eigenvalue weighted by Crippen LogP contribution is 2.10. The molecule has 2 aromatic heterocycles. The second-order valence-electron chi connectivity index (χ2n) is 4.58. The molecule has 1 atom stereocenters. The summed E-state index contributed by atoms with van der Waals surface area (Å²) in [6.07, 6.45) is 4.84. The molecule has 0 amide bonds. The zero-order chi connectivity index (χ0) is 12.3. The van der Waals surface area contributed by atoms with E-state index in [4.69, 9.17) is 5.73 Å². The smallest absolute Gasteiger partial charge is 0.0648 e. The van der Waals surface area contributed by atoms with Gasteiger partial charge < -0.3 is 10.3 Å². The van der Waals surface area contributed by atoms with E-state index < -0.39 is 0 Å². The molecule has 2 N–H and O–H groups in total. The average molecular weight is 229 g/mol. The van der Waals surface area contributed by atoms with Crippen LogP contribution in [0, 0.1) is 6.92 Å². The van der Waals surface area contributed by atoms with Crippen molar-refractivity contribution in [3.8, 4) is 0 Å². The predicted octanol–water partition coefficient (Wildman–Crippen LogP) is 2.13. The quantitative estimate of drug-likeness (QED) is 0.872. The zero-order valence-electron chi connectivity index (χ0n) is 10.4. The standard InChI is InChI=1S/C14H19N3/c1-11-5-3-7-16-14(11)10-17-8-4-6-13(17)9-12(2)15/h3-8,12H,9-10,15H2,1-2H3. The highest BCUT2D eigenvalue weighted by atomic mass is 15.0. The molecule has 3 nitrogen and oxygen atoms in total. The number of aryl methyl sites for hydroxylation is 1. The second kappa shape index (κ2) is 5.15. The first-order valence-corrected chi connectivity index (χ1v) is 5.97. The van der Waals surface area contributed by atoms with Crippen LogP contribution in [0.5, 0.6) is 0 Å². The number of nitrogens with zero attached hydrogens (tertiary/aromatic N) is 2. The molecule has 0 saturated heterocycles. The lowest BCUT2D eigenvalue weighted by molar-refractivity contribution is 0.658. The van der Waals surface area contributed by atoms with Gasteiger partial charge in [-0.15, -0.1) is 0 Å². The van der Waals surface area contributed by atoms with E-state index in [9.17, 15) is 0 Å². The molecule has 0 aliphatic heterocycles. The molecule has 1 unspecified atom stereocenters. The Kier molecular flexibility index (Phi) is 3.59. The first-order chi connectivity index (χ1) is 8.16. The molecule has 0 radical (unpaired) electrons. The van der Waals surface area contributed by atoms with E-state index in [0.717, 1.165) is 18.7 Å². The summed E-state index contributed by atoms with van der Waals surface area (Å²) in [5, 5.41) is 0. The summed E-state index contributed by atoms with van der Waals surface area (Å²) in [4.78, 5) is 4.42. The Labute approximate surface area is 102 Å². The molecule has 0 aliphatic carbocycles. The van der Waals surface area contributed by atoms with E-state index >= 15 is 0 Å². The Morgan fingerprint density at radius 1 is 1.35 bits per heavy atom. The Hall–Kier alpha value is -1.61. The summed E-state index contributed by atoms with van der Waals surface area (Å²) in [7, 11) is 0. The van der Waals surface area contributed by atoms with Crippen molar-refractivity contribution in [1.29, 1.82) is 0 Å². The maximum absolute atomic E-state index is 5.85. The van der Waals surface area contributed by atoms with Gasteiger partial charge in [-0.2, -0.15) is 0 Å². The third kappa shape index (κ3) is 2.94. The van der Waals surface area contributed by atoms with Crippen LogP contribution in [0.25, 0.3) is 0 Å². The summed E-state index contributed by atoms with van der Waals surface area (Å²) >= 11 is 0. The molecule has 0 saturated carbocycles. The fourth-order valence-electron chi connectivity index (χ4n) is 1.96. The normalized spacial score (nSPS) is 12.6. The highest BCUT2D eigenvalue weighted by Gasteiger charge is 2.06. The fraction of sp³-hybridized carbons (Fsp3) is 0.357. The zero-order valence-corrected chi connectivity index (χ0v) is 10.4. The molecular formula is C14H19N3. The van der Waals surface area contributed by atoms with Crippen LogP contribution in [0.1, 0.15) is 23.9 Å². The lowest BCUT2D eigenvalue weighted by atomic mass is 10.2. The van der Waals surface area contributed by atoms with Gasteiger partial charge in [0.25, 0.3) is 0 Å². The van der Waals surface area contributed by atoms with E-state index in [0.29, 0.717) is 0 Å². The van der Waals surface area contributed by atoms with Gasteiger partial charge in [0, 0.05) is 30.6 Å². The molecule has 0 aliphatic rings. The Morgan fingerprint density at radius 2 is 2.18 bits per heavy atom. The monoisotopic (exact) mass is 229 g/mol. The van der Waals surface area contributed by atoms with Gasteiger partial charge in [-0.05, 0) is 37.6 Å². The van der Waals surface area contributed by atoms with Crippen molar-refractivity contribution in [3.05, 3.63) is 53.6 Å². The van der Waals surface area contributed by atoms with E-state index in [2.05, 4.69) is 40.9 Å². The number of nitrogens with two attached hydrogens (primary N) is 1. The lowest BCUT2D eigenvalue weighted by Gasteiger charge is -2.12. The third-order valence-corrected chi connectivity index (χ3v) is 2.89. The molecule has 2 aromatic rings. The van der Waals surface area contributed by atoms with Gasteiger partial charge in [0.15, 0.2) is 0 Å². The summed E-state index contributed by atoms with van der Waals surface area (Å²) in [6.45, 7) is 4.95. The number of rotatable bonds is 4. The summed E-state index contributed by atoms with van der Waals surface area (Å²) in [5.74, 6) is 0. The summed E-state index contributed by atoms with van der Waals surface area (Å²) < 4.78 is 2.22. The Balaban J connectivity index is 2.19. The maximum atomic E-state index is 5.85. The molecule has 2 heterocycles. The molecule has 0 bridgehead atoms. The van der Waals surface area contributed by atoms with Crippen molar-refractivity contribution < 1.29 is 0 Å². The van der Waals surface area contributed by atoms with E-state index in [-0.39, 0.29) is 6.04 Å². The van der Waals surface area contributed by atoms with Crippen LogP contribution < -0.4 is 5.73 Å². The van der Waals surface area contributed by atoms with E-state index in [1.807, 2.05) is 19.2 Å². The van der Waals surface area contributed by atoms with E-state index in [1.54, 1.807) is 0 Å². The summed E-state index contributed by atoms with van der Waals surface area (Å²) in [6, 6.07) is 8.44. The average Bonchev–Trinajstić information content (AvgIpc) is 2.68. The number of aromatic nitrogens is 2. The Bertz CT molecular complexity index is 486. The van der Waals surface area contributed by atoms with Crippen molar-refractivity contribution >= 4 is 0 Å². The SMILES string of the molecule is Cc1cccnc1Cn1cccc1CC(C)N. The van der Waals surface area contributed by atoms with Gasteiger partial charge in [-0.1, -0.05) is 6.07 Å². The maximum Gasteiger partial charge on any atom is 0.0648 e. The fourth-order valence-corrected chi connectivity index (χ4v) is 1.96. The first-order valence-electron chi connectivity index (χ1n) is 5.97. The topological polar surface area (TPSA) is 43.8 Å². The number of pyridine rings is 1.